The first kappa shape index (κ1) is 22.8. The molecular weight excluding hydrogens is 368 g/mol. The molecule has 2 aromatic rings. The van der Waals surface area contributed by atoms with E-state index in [1.807, 2.05) is 24.5 Å². The number of aryl methyl sites for hydroxylation is 1. The van der Waals surface area contributed by atoms with Gasteiger partial charge in [0.15, 0.2) is 5.82 Å². The van der Waals surface area contributed by atoms with Gasteiger partial charge in [-0.15, -0.1) is 0 Å². The first-order valence-electron chi connectivity index (χ1n) is 12.3. The summed E-state index contributed by atoms with van der Waals surface area (Å²) in [5, 5.41) is 0. The zero-order valence-electron chi connectivity index (χ0n) is 19.1. The molecular formula is C27H40N2O. The zero-order chi connectivity index (χ0) is 21.0. The van der Waals surface area contributed by atoms with Crippen LogP contribution in [0, 0.1) is 11.8 Å². The van der Waals surface area contributed by atoms with Crippen LogP contribution in [0.4, 0.5) is 0 Å². The van der Waals surface area contributed by atoms with Crippen molar-refractivity contribution in [2.75, 3.05) is 6.61 Å². The van der Waals surface area contributed by atoms with Gasteiger partial charge in [0.2, 0.25) is 0 Å². The van der Waals surface area contributed by atoms with E-state index in [9.17, 15) is 0 Å². The molecule has 0 amide bonds. The highest BCUT2D eigenvalue weighted by Crippen LogP contribution is 2.36. The van der Waals surface area contributed by atoms with Gasteiger partial charge in [-0.05, 0) is 67.3 Å². The van der Waals surface area contributed by atoms with E-state index in [0.29, 0.717) is 0 Å². The fourth-order valence-corrected chi connectivity index (χ4v) is 4.76. The normalized spacial score (nSPS) is 19.0. The summed E-state index contributed by atoms with van der Waals surface area (Å²) in [7, 11) is 0. The lowest BCUT2D eigenvalue weighted by molar-refractivity contribution is 0.191. The Hall–Kier alpha value is -1.90. The molecule has 1 aliphatic carbocycles. The minimum atomic E-state index is 0.789. The van der Waals surface area contributed by atoms with Crippen molar-refractivity contribution < 1.29 is 4.74 Å². The molecule has 0 radical (unpaired) electrons. The van der Waals surface area contributed by atoms with Crippen LogP contribution in [-0.2, 0) is 6.42 Å². The van der Waals surface area contributed by atoms with Crippen LogP contribution in [0.1, 0.15) is 90.0 Å². The van der Waals surface area contributed by atoms with Crippen molar-refractivity contribution in [3.8, 4) is 17.1 Å². The fraction of sp³-hybridized carbons (Fsp3) is 0.630. The standard InChI is InChI=1S/C27H40N2O/c1-3-5-10-22-20-28-27(29-21-22)25-15-17-26(18-16-25)30-19-9-14-24-13-8-7-12-23(24)11-6-4-2/h15-18,20-21,23-24H,3-14,19H2,1-2H3. The van der Waals surface area contributed by atoms with E-state index in [1.165, 1.54) is 69.8 Å². The third kappa shape index (κ3) is 7.11. The Kier molecular flexibility index (Phi) is 9.66. The number of rotatable bonds is 12. The maximum Gasteiger partial charge on any atom is 0.159 e. The van der Waals surface area contributed by atoms with Gasteiger partial charge in [-0.2, -0.15) is 0 Å². The largest absolute Gasteiger partial charge is 0.494 e. The van der Waals surface area contributed by atoms with Crippen molar-refractivity contribution >= 4 is 0 Å². The predicted octanol–water partition coefficient (Wildman–Crippen LogP) is 7.64. The summed E-state index contributed by atoms with van der Waals surface area (Å²) < 4.78 is 6.03. The van der Waals surface area contributed by atoms with E-state index in [1.54, 1.807) is 0 Å². The van der Waals surface area contributed by atoms with Crippen LogP contribution < -0.4 is 4.74 Å². The van der Waals surface area contributed by atoms with Crippen LogP contribution in [0.5, 0.6) is 5.75 Å². The molecule has 164 valence electrons. The average molecular weight is 409 g/mol. The van der Waals surface area contributed by atoms with Crippen molar-refractivity contribution in [3.05, 3.63) is 42.2 Å². The van der Waals surface area contributed by atoms with Gasteiger partial charge in [-0.3, -0.25) is 0 Å². The lowest BCUT2D eigenvalue weighted by atomic mass is 9.75. The summed E-state index contributed by atoms with van der Waals surface area (Å²) in [5.41, 5.74) is 2.26. The second-order valence-corrected chi connectivity index (χ2v) is 8.98. The van der Waals surface area contributed by atoms with Crippen LogP contribution >= 0.6 is 0 Å². The number of benzene rings is 1. The molecule has 0 bridgehead atoms. The van der Waals surface area contributed by atoms with Gasteiger partial charge in [0.05, 0.1) is 6.61 Å². The van der Waals surface area contributed by atoms with Crippen molar-refractivity contribution in [1.82, 2.24) is 9.97 Å². The van der Waals surface area contributed by atoms with Crippen molar-refractivity contribution in [1.29, 1.82) is 0 Å². The van der Waals surface area contributed by atoms with Crippen LogP contribution in [0.2, 0.25) is 0 Å². The summed E-state index contributed by atoms with van der Waals surface area (Å²) >= 11 is 0. The molecule has 2 atom stereocenters. The van der Waals surface area contributed by atoms with Crippen LogP contribution in [0.3, 0.4) is 0 Å². The second kappa shape index (κ2) is 12.7. The molecule has 3 rings (SSSR count). The van der Waals surface area contributed by atoms with Gasteiger partial charge in [-0.1, -0.05) is 65.2 Å². The summed E-state index contributed by atoms with van der Waals surface area (Å²) in [6, 6.07) is 8.24. The molecule has 1 aliphatic rings. The Morgan fingerprint density at radius 2 is 1.47 bits per heavy atom. The number of unbranched alkanes of at least 4 members (excludes halogenated alkanes) is 2. The summed E-state index contributed by atoms with van der Waals surface area (Å²) in [6.45, 7) is 5.34. The number of hydrogen-bond donors (Lipinski definition) is 0. The molecule has 3 heteroatoms. The van der Waals surface area contributed by atoms with Crippen LogP contribution in [0.25, 0.3) is 11.4 Å². The highest BCUT2D eigenvalue weighted by Gasteiger charge is 2.23. The SMILES string of the molecule is CCCCc1cnc(-c2ccc(OCCCC3CCCCC3CCCC)cc2)nc1. The summed E-state index contributed by atoms with van der Waals surface area (Å²) in [5.74, 6) is 3.63. The van der Waals surface area contributed by atoms with Gasteiger partial charge in [0.1, 0.15) is 5.75 Å². The lowest BCUT2D eigenvalue weighted by Crippen LogP contribution is -2.20. The Balaban J connectivity index is 1.42. The topological polar surface area (TPSA) is 35.0 Å². The number of ether oxygens (including phenoxy) is 1. The molecule has 1 aromatic heterocycles. The van der Waals surface area contributed by atoms with Gasteiger partial charge in [0.25, 0.3) is 0 Å². The molecule has 30 heavy (non-hydrogen) atoms. The smallest absolute Gasteiger partial charge is 0.159 e. The zero-order valence-corrected chi connectivity index (χ0v) is 19.1. The molecule has 1 aromatic carbocycles. The minimum absolute atomic E-state index is 0.789. The maximum atomic E-state index is 6.03. The van der Waals surface area contributed by atoms with Gasteiger partial charge in [0, 0.05) is 18.0 Å². The van der Waals surface area contributed by atoms with E-state index >= 15 is 0 Å². The number of nitrogens with zero attached hydrogens (tertiary/aromatic N) is 2. The first-order valence-corrected chi connectivity index (χ1v) is 12.3. The van der Waals surface area contributed by atoms with E-state index in [0.717, 1.165) is 48.4 Å². The van der Waals surface area contributed by atoms with Gasteiger partial charge >= 0.3 is 0 Å². The molecule has 0 N–H and O–H groups in total. The summed E-state index contributed by atoms with van der Waals surface area (Å²) in [4.78, 5) is 9.07. The van der Waals surface area contributed by atoms with E-state index in [2.05, 4.69) is 35.9 Å². The Morgan fingerprint density at radius 3 is 2.10 bits per heavy atom. The van der Waals surface area contributed by atoms with E-state index in [-0.39, 0.29) is 0 Å². The second-order valence-electron chi connectivity index (χ2n) is 8.98. The lowest BCUT2D eigenvalue weighted by Gasteiger charge is -2.31. The highest BCUT2D eigenvalue weighted by molar-refractivity contribution is 5.55. The minimum Gasteiger partial charge on any atom is -0.494 e. The third-order valence-corrected chi connectivity index (χ3v) is 6.62. The molecule has 3 nitrogen and oxygen atoms in total. The average Bonchev–Trinajstić information content (AvgIpc) is 2.80. The molecule has 0 aliphatic heterocycles. The number of hydrogen-bond acceptors (Lipinski definition) is 3. The highest BCUT2D eigenvalue weighted by atomic mass is 16.5. The molecule has 1 saturated carbocycles. The van der Waals surface area contributed by atoms with Crippen molar-refractivity contribution in [2.45, 2.75) is 90.9 Å². The first-order chi connectivity index (χ1) is 14.8. The van der Waals surface area contributed by atoms with Crippen molar-refractivity contribution in [3.63, 3.8) is 0 Å². The monoisotopic (exact) mass is 408 g/mol. The molecule has 1 heterocycles. The van der Waals surface area contributed by atoms with Gasteiger partial charge < -0.3 is 4.74 Å². The quantitative estimate of drug-likeness (QED) is 0.338. The Morgan fingerprint density at radius 1 is 0.833 bits per heavy atom. The van der Waals surface area contributed by atoms with E-state index in [4.69, 9.17) is 4.74 Å². The Bertz CT molecular complexity index is 711. The molecule has 2 unspecified atom stereocenters. The van der Waals surface area contributed by atoms with E-state index < -0.39 is 0 Å². The van der Waals surface area contributed by atoms with Crippen molar-refractivity contribution in [2.24, 2.45) is 11.8 Å². The molecule has 0 spiro atoms. The van der Waals surface area contributed by atoms with Crippen LogP contribution in [-0.4, -0.2) is 16.6 Å². The number of aromatic nitrogens is 2. The molecule has 0 saturated heterocycles. The summed E-state index contributed by atoms with van der Waals surface area (Å²) in [6.07, 6.45) is 19.8. The predicted molar refractivity (Wildman–Crippen MR) is 126 cm³/mol. The van der Waals surface area contributed by atoms with Crippen LogP contribution in [0.15, 0.2) is 36.7 Å². The maximum absolute atomic E-state index is 6.03. The third-order valence-electron chi connectivity index (χ3n) is 6.62. The van der Waals surface area contributed by atoms with Gasteiger partial charge in [-0.25, -0.2) is 9.97 Å². The molecule has 1 fully saturated rings. The fourth-order valence-electron chi connectivity index (χ4n) is 4.76. The Labute approximate surface area is 183 Å².